The average Bonchev–Trinajstić information content (AvgIpc) is 2.86. The third kappa shape index (κ3) is 4.11. The standard InChI is InChI=1S/C16H24N2O4/c1-16(2,3)22-15(20)10-4-5-12(17)13(6-10)18-14-9-21-8-11(14)7-19/h4-6,11,14,18-19H,7-9,17H2,1-3H3/t11-,14?/m0/s1. The Morgan fingerprint density at radius 3 is 2.82 bits per heavy atom. The van der Waals surface area contributed by atoms with Crippen molar-refractivity contribution in [2.75, 3.05) is 30.9 Å². The number of hydrogen-bond donors (Lipinski definition) is 3. The number of nitrogens with one attached hydrogen (secondary N) is 1. The number of hydrogen-bond acceptors (Lipinski definition) is 6. The molecule has 1 aromatic rings. The molecule has 0 aromatic heterocycles. The van der Waals surface area contributed by atoms with Gasteiger partial charge in [0, 0.05) is 5.92 Å². The molecule has 22 heavy (non-hydrogen) atoms. The Balaban J connectivity index is 2.15. The zero-order valence-corrected chi connectivity index (χ0v) is 13.3. The van der Waals surface area contributed by atoms with E-state index in [-0.39, 0.29) is 18.6 Å². The molecule has 0 spiro atoms. The van der Waals surface area contributed by atoms with Crippen molar-refractivity contribution >= 4 is 17.3 Å². The third-order valence-corrected chi connectivity index (χ3v) is 3.46. The fourth-order valence-corrected chi connectivity index (χ4v) is 2.28. The van der Waals surface area contributed by atoms with Gasteiger partial charge in [-0.1, -0.05) is 0 Å². The maximum Gasteiger partial charge on any atom is 0.338 e. The van der Waals surface area contributed by atoms with E-state index < -0.39 is 11.6 Å². The topological polar surface area (TPSA) is 93.8 Å². The van der Waals surface area contributed by atoms with Crippen LogP contribution in [0.1, 0.15) is 31.1 Å². The van der Waals surface area contributed by atoms with E-state index in [2.05, 4.69) is 5.32 Å². The molecule has 2 atom stereocenters. The minimum absolute atomic E-state index is 0.0181. The Morgan fingerprint density at radius 2 is 2.18 bits per heavy atom. The van der Waals surface area contributed by atoms with Gasteiger partial charge in [-0.3, -0.25) is 0 Å². The highest BCUT2D eigenvalue weighted by atomic mass is 16.6. The second-order valence-electron chi connectivity index (χ2n) is 6.53. The molecule has 0 radical (unpaired) electrons. The smallest absolute Gasteiger partial charge is 0.338 e. The molecule has 1 aliphatic heterocycles. The van der Waals surface area contributed by atoms with Crippen LogP contribution < -0.4 is 11.1 Å². The number of carbonyl (C=O) groups excluding carboxylic acids is 1. The number of rotatable bonds is 4. The average molecular weight is 308 g/mol. The number of ether oxygens (including phenoxy) is 2. The van der Waals surface area contributed by atoms with Crippen LogP contribution in [0.15, 0.2) is 18.2 Å². The lowest BCUT2D eigenvalue weighted by molar-refractivity contribution is 0.00696. The maximum absolute atomic E-state index is 12.1. The summed E-state index contributed by atoms with van der Waals surface area (Å²) >= 11 is 0. The van der Waals surface area contributed by atoms with Crippen molar-refractivity contribution in [3.05, 3.63) is 23.8 Å². The van der Waals surface area contributed by atoms with Gasteiger partial charge in [-0.25, -0.2) is 4.79 Å². The fraction of sp³-hybridized carbons (Fsp3) is 0.562. The van der Waals surface area contributed by atoms with Gasteiger partial charge < -0.3 is 25.6 Å². The van der Waals surface area contributed by atoms with Gasteiger partial charge in [-0.15, -0.1) is 0 Å². The summed E-state index contributed by atoms with van der Waals surface area (Å²) < 4.78 is 10.7. The molecule has 1 saturated heterocycles. The summed E-state index contributed by atoms with van der Waals surface area (Å²) in [5, 5.41) is 12.6. The maximum atomic E-state index is 12.1. The monoisotopic (exact) mass is 308 g/mol. The molecule has 1 aromatic carbocycles. The van der Waals surface area contributed by atoms with E-state index >= 15 is 0 Å². The van der Waals surface area contributed by atoms with Gasteiger partial charge in [-0.05, 0) is 39.0 Å². The van der Waals surface area contributed by atoms with E-state index in [9.17, 15) is 9.90 Å². The van der Waals surface area contributed by atoms with Gasteiger partial charge in [0.25, 0.3) is 0 Å². The number of esters is 1. The Hall–Kier alpha value is -1.79. The molecule has 2 rings (SSSR count). The Kier molecular flexibility index (Phi) is 4.93. The number of aliphatic hydroxyl groups is 1. The molecule has 0 amide bonds. The van der Waals surface area contributed by atoms with Gasteiger partial charge in [0.05, 0.1) is 42.8 Å². The molecule has 0 aliphatic carbocycles. The molecule has 1 fully saturated rings. The predicted octanol–water partition coefficient (Wildman–Crippen LogP) is 1.64. The van der Waals surface area contributed by atoms with E-state index in [0.717, 1.165) is 0 Å². The van der Waals surface area contributed by atoms with Crippen LogP contribution in [0.25, 0.3) is 0 Å². The Bertz CT molecular complexity index is 539. The third-order valence-electron chi connectivity index (χ3n) is 3.46. The first-order valence-electron chi connectivity index (χ1n) is 7.38. The molecule has 6 nitrogen and oxygen atoms in total. The van der Waals surface area contributed by atoms with Gasteiger partial charge >= 0.3 is 5.97 Å². The number of carbonyl (C=O) groups is 1. The zero-order chi connectivity index (χ0) is 16.3. The lowest BCUT2D eigenvalue weighted by Crippen LogP contribution is -2.30. The second kappa shape index (κ2) is 6.54. The lowest BCUT2D eigenvalue weighted by atomic mass is 10.0. The summed E-state index contributed by atoms with van der Waals surface area (Å²) in [5.74, 6) is -0.374. The molecular formula is C16H24N2O4. The van der Waals surface area contributed by atoms with Crippen molar-refractivity contribution in [1.82, 2.24) is 0 Å². The van der Waals surface area contributed by atoms with E-state index in [4.69, 9.17) is 15.2 Å². The normalized spacial score (nSPS) is 21.6. The summed E-state index contributed by atoms with van der Waals surface area (Å²) in [5.41, 5.74) is 7.04. The van der Waals surface area contributed by atoms with Crippen LogP contribution in [0.4, 0.5) is 11.4 Å². The van der Waals surface area contributed by atoms with Crippen molar-refractivity contribution in [3.8, 4) is 0 Å². The van der Waals surface area contributed by atoms with Crippen molar-refractivity contribution in [2.45, 2.75) is 32.4 Å². The van der Waals surface area contributed by atoms with E-state index in [1.807, 2.05) is 20.8 Å². The minimum atomic E-state index is -0.548. The lowest BCUT2D eigenvalue weighted by Gasteiger charge is -2.22. The van der Waals surface area contributed by atoms with Gasteiger partial charge in [-0.2, -0.15) is 0 Å². The van der Waals surface area contributed by atoms with Crippen molar-refractivity contribution in [1.29, 1.82) is 0 Å². The van der Waals surface area contributed by atoms with Crippen LogP contribution in [0.3, 0.4) is 0 Å². The summed E-state index contributed by atoms with van der Waals surface area (Å²) in [6, 6.07) is 4.96. The molecule has 1 aliphatic rings. The summed E-state index contributed by atoms with van der Waals surface area (Å²) in [6.07, 6.45) is 0. The van der Waals surface area contributed by atoms with E-state index in [1.54, 1.807) is 18.2 Å². The Morgan fingerprint density at radius 1 is 1.45 bits per heavy atom. The molecule has 6 heteroatoms. The zero-order valence-electron chi connectivity index (χ0n) is 13.3. The van der Waals surface area contributed by atoms with Crippen LogP contribution in [-0.4, -0.2) is 42.5 Å². The van der Waals surface area contributed by atoms with Crippen molar-refractivity contribution in [2.24, 2.45) is 5.92 Å². The van der Waals surface area contributed by atoms with Gasteiger partial charge in [0.2, 0.25) is 0 Å². The number of benzene rings is 1. The molecular weight excluding hydrogens is 284 g/mol. The molecule has 0 saturated carbocycles. The molecule has 122 valence electrons. The molecule has 0 bridgehead atoms. The first kappa shape index (κ1) is 16.6. The second-order valence-corrected chi connectivity index (χ2v) is 6.53. The number of anilines is 2. The van der Waals surface area contributed by atoms with E-state index in [1.165, 1.54) is 0 Å². The summed E-state index contributed by atoms with van der Waals surface area (Å²) in [7, 11) is 0. The van der Waals surface area contributed by atoms with Crippen molar-refractivity contribution in [3.63, 3.8) is 0 Å². The van der Waals surface area contributed by atoms with E-state index in [0.29, 0.717) is 30.2 Å². The van der Waals surface area contributed by atoms with Crippen molar-refractivity contribution < 1.29 is 19.4 Å². The van der Waals surface area contributed by atoms with Gasteiger partial charge in [0.15, 0.2) is 0 Å². The number of nitrogens with two attached hydrogens (primary N) is 1. The van der Waals surface area contributed by atoms with Crippen LogP contribution in [0, 0.1) is 5.92 Å². The van der Waals surface area contributed by atoms with Crippen LogP contribution in [0.2, 0.25) is 0 Å². The van der Waals surface area contributed by atoms with Crippen LogP contribution in [0.5, 0.6) is 0 Å². The highest BCUT2D eigenvalue weighted by Gasteiger charge is 2.28. The number of aliphatic hydroxyl groups excluding tert-OH is 1. The number of nitrogen functional groups attached to an aromatic ring is 1. The molecule has 1 heterocycles. The summed E-state index contributed by atoms with van der Waals surface area (Å²) in [4.78, 5) is 12.1. The highest BCUT2D eigenvalue weighted by Crippen LogP contribution is 2.25. The fourth-order valence-electron chi connectivity index (χ4n) is 2.28. The van der Waals surface area contributed by atoms with Crippen LogP contribution >= 0.6 is 0 Å². The minimum Gasteiger partial charge on any atom is -0.456 e. The Labute approximate surface area is 130 Å². The van der Waals surface area contributed by atoms with Crippen LogP contribution in [-0.2, 0) is 9.47 Å². The first-order valence-corrected chi connectivity index (χ1v) is 7.38. The highest BCUT2D eigenvalue weighted by molar-refractivity contribution is 5.92. The SMILES string of the molecule is CC(C)(C)OC(=O)c1ccc(N)c(NC2COC[C@@H]2CO)c1. The van der Waals surface area contributed by atoms with Gasteiger partial charge in [0.1, 0.15) is 5.60 Å². The summed E-state index contributed by atoms with van der Waals surface area (Å²) in [6.45, 7) is 6.53. The quantitative estimate of drug-likeness (QED) is 0.578. The first-order chi connectivity index (χ1) is 10.3. The molecule has 4 N–H and O–H groups in total. The molecule has 1 unspecified atom stereocenters. The predicted molar refractivity (Wildman–Crippen MR) is 84.8 cm³/mol. The largest absolute Gasteiger partial charge is 0.456 e.